The molecule has 4 rings (SSSR count). The van der Waals surface area contributed by atoms with Crippen molar-refractivity contribution in [1.82, 2.24) is 7.91 Å². The molecule has 0 saturated carbocycles. The van der Waals surface area contributed by atoms with Crippen LogP contribution in [-0.4, -0.2) is 7.91 Å². The fourth-order valence-corrected chi connectivity index (χ4v) is 5.64. The predicted octanol–water partition coefficient (Wildman–Crippen LogP) is 5.44. The first-order valence-electron chi connectivity index (χ1n) is 8.12. The Morgan fingerprint density at radius 3 is 1.58 bits per heavy atom. The van der Waals surface area contributed by atoms with Crippen molar-refractivity contribution in [3.8, 4) is 0 Å². The molecule has 0 saturated heterocycles. The number of rotatable bonds is 5. The summed E-state index contributed by atoms with van der Waals surface area (Å²) in [6.45, 7) is 1.36. The van der Waals surface area contributed by atoms with Crippen molar-refractivity contribution in [2.24, 2.45) is 0 Å². The van der Waals surface area contributed by atoms with Gasteiger partial charge in [0.25, 0.3) is 11.1 Å². The zero-order chi connectivity index (χ0) is 18.3. The number of aromatic nitrogens is 2. The third-order valence-corrected chi connectivity index (χ3v) is 7.42. The Labute approximate surface area is 174 Å². The van der Waals surface area contributed by atoms with Gasteiger partial charge in [0.2, 0.25) is 0 Å². The largest absolute Gasteiger partial charge is 0.268 e. The van der Waals surface area contributed by atoms with Crippen LogP contribution in [0, 0.1) is 0 Å². The van der Waals surface area contributed by atoms with Crippen molar-refractivity contribution in [3.05, 3.63) is 66.1 Å². The molecular formula is C18H14Br2N2O2S2. The highest BCUT2D eigenvalue weighted by Gasteiger charge is 2.09. The summed E-state index contributed by atoms with van der Waals surface area (Å²) in [6.07, 6.45) is 1.72. The molecule has 0 bridgehead atoms. The van der Waals surface area contributed by atoms with E-state index in [-0.39, 0.29) is 11.1 Å². The maximum absolute atomic E-state index is 12.4. The van der Waals surface area contributed by atoms with Crippen LogP contribution < -0.4 is 11.1 Å². The van der Waals surface area contributed by atoms with Gasteiger partial charge in [-0.15, -0.1) is 0 Å². The van der Waals surface area contributed by atoms with E-state index >= 15 is 0 Å². The standard InChI is InChI=1S/C18H14Br2N2O2S2/c19-11-3-5-15-13(9-11)17(23)21(25-15)7-1-2-8-22-18(24)14-10-12(20)4-6-16(14)26-22/h3-6,9-10H,1-2,7-8H2. The molecule has 0 unspecified atom stereocenters. The van der Waals surface area contributed by atoms with Crippen molar-refractivity contribution in [2.45, 2.75) is 25.9 Å². The fourth-order valence-electron chi connectivity index (χ4n) is 2.89. The van der Waals surface area contributed by atoms with Gasteiger partial charge in [-0.25, -0.2) is 0 Å². The van der Waals surface area contributed by atoms with Gasteiger partial charge in [-0.1, -0.05) is 54.9 Å². The monoisotopic (exact) mass is 512 g/mol. The molecule has 0 spiro atoms. The van der Waals surface area contributed by atoms with Crippen molar-refractivity contribution < 1.29 is 0 Å². The molecule has 0 fully saturated rings. The lowest BCUT2D eigenvalue weighted by Gasteiger charge is -2.01. The van der Waals surface area contributed by atoms with Crippen LogP contribution in [0.4, 0.5) is 0 Å². The number of aryl methyl sites for hydroxylation is 2. The van der Waals surface area contributed by atoms with E-state index in [9.17, 15) is 9.59 Å². The van der Waals surface area contributed by atoms with E-state index in [0.717, 1.165) is 42.0 Å². The lowest BCUT2D eigenvalue weighted by atomic mass is 10.3. The Morgan fingerprint density at radius 1 is 0.731 bits per heavy atom. The Morgan fingerprint density at radius 2 is 1.15 bits per heavy atom. The maximum Gasteiger partial charge on any atom is 0.268 e. The second-order valence-corrected chi connectivity index (χ2v) is 9.94. The lowest BCUT2D eigenvalue weighted by Crippen LogP contribution is -2.15. The summed E-state index contributed by atoms with van der Waals surface area (Å²) < 4.78 is 7.46. The van der Waals surface area contributed by atoms with E-state index in [4.69, 9.17) is 0 Å². The normalized spacial score (nSPS) is 11.6. The van der Waals surface area contributed by atoms with Gasteiger partial charge in [0.1, 0.15) is 0 Å². The SMILES string of the molecule is O=c1c2cc(Br)ccc2sn1CCCCn1sc2ccc(Br)cc2c1=O. The summed E-state index contributed by atoms with van der Waals surface area (Å²) in [7, 11) is 0. The Hall–Kier alpha value is -1.22. The van der Waals surface area contributed by atoms with Crippen LogP contribution in [0.1, 0.15) is 12.8 Å². The summed E-state index contributed by atoms with van der Waals surface area (Å²) in [5, 5.41) is 1.52. The van der Waals surface area contributed by atoms with Crippen molar-refractivity contribution >= 4 is 75.1 Å². The summed E-state index contributed by atoms with van der Waals surface area (Å²) >= 11 is 9.83. The second-order valence-electron chi connectivity index (χ2n) is 5.99. The number of nitrogens with zero attached hydrogens (tertiary/aromatic N) is 2. The topological polar surface area (TPSA) is 44.0 Å². The van der Waals surface area contributed by atoms with E-state index in [0.29, 0.717) is 13.1 Å². The molecule has 4 nitrogen and oxygen atoms in total. The molecule has 2 heterocycles. The minimum Gasteiger partial charge on any atom is -0.268 e. The van der Waals surface area contributed by atoms with Crippen molar-refractivity contribution in [1.29, 1.82) is 0 Å². The minimum absolute atomic E-state index is 0.0650. The average molecular weight is 514 g/mol. The van der Waals surface area contributed by atoms with Gasteiger partial charge in [0.15, 0.2) is 0 Å². The van der Waals surface area contributed by atoms with Gasteiger partial charge in [-0.3, -0.25) is 17.5 Å². The molecule has 26 heavy (non-hydrogen) atoms. The molecule has 0 aliphatic heterocycles. The highest BCUT2D eigenvalue weighted by molar-refractivity contribution is 9.10. The number of halogens is 2. The molecule has 0 N–H and O–H groups in total. The maximum atomic E-state index is 12.4. The van der Waals surface area contributed by atoms with Gasteiger partial charge in [0.05, 0.1) is 20.2 Å². The third-order valence-electron chi connectivity index (χ3n) is 4.19. The van der Waals surface area contributed by atoms with E-state index in [1.165, 1.54) is 23.1 Å². The number of hydrogen-bond acceptors (Lipinski definition) is 4. The summed E-state index contributed by atoms with van der Waals surface area (Å²) in [6, 6.07) is 11.6. The Balaban J connectivity index is 1.44. The summed E-state index contributed by atoms with van der Waals surface area (Å²) in [5.74, 6) is 0. The highest BCUT2D eigenvalue weighted by Crippen LogP contribution is 2.23. The molecule has 0 atom stereocenters. The molecule has 2 aromatic carbocycles. The minimum atomic E-state index is 0.0650. The van der Waals surface area contributed by atoms with E-state index in [2.05, 4.69) is 31.9 Å². The van der Waals surface area contributed by atoms with Crippen molar-refractivity contribution in [3.63, 3.8) is 0 Å². The first kappa shape index (κ1) is 18.2. The molecule has 134 valence electrons. The van der Waals surface area contributed by atoms with Gasteiger partial charge >= 0.3 is 0 Å². The van der Waals surface area contributed by atoms with Crippen LogP contribution in [-0.2, 0) is 13.1 Å². The zero-order valence-corrected chi connectivity index (χ0v) is 18.4. The van der Waals surface area contributed by atoms with Crippen LogP contribution in [0.15, 0.2) is 54.9 Å². The molecular weight excluding hydrogens is 500 g/mol. The van der Waals surface area contributed by atoms with E-state index in [1.807, 2.05) is 44.3 Å². The molecule has 0 aliphatic rings. The van der Waals surface area contributed by atoms with E-state index in [1.54, 1.807) is 0 Å². The molecule has 0 amide bonds. The van der Waals surface area contributed by atoms with Gasteiger partial charge in [-0.2, -0.15) is 0 Å². The smallest absolute Gasteiger partial charge is 0.268 e. The van der Waals surface area contributed by atoms with Crippen LogP contribution in [0.3, 0.4) is 0 Å². The van der Waals surface area contributed by atoms with Crippen LogP contribution in [0.5, 0.6) is 0 Å². The van der Waals surface area contributed by atoms with Crippen LogP contribution >= 0.6 is 54.9 Å². The fraction of sp³-hybridized carbons (Fsp3) is 0.222. The molecule has 4 aromatic rings. The Kier molecular flexibility index (Phi) is 5.18. The number of fused-ring (bicyclic) bond motifs is 2. The molecule has 0 radical (unpaired) electrons. The molecule has 0 aliphatic carbocycles. The number of benzene rings is 2. The molecule has 8 heteroatoms. The van der Waals surface area contributed by atoms with Gasteiger partial charge in [-0.05, 0) is 49.2 Å². The quantitative estimate of drug-likeness (QED) is 0.333. The highest BCUT2D eigenvalue weighted by atomic mass is 79.9. The number of unbranched alkanes of at least 4 members (excludes halogenated alkanes) is 1. The number of hydrogen-bond donors (Lipinski definition) is 0. The lowest BCUT2D eigenvalue weighted by molar-refractivity contribution is 0.579. The van der Waals surface area contributed by atoms with Gasteiger partial charge < -0.3 is 0 Å². The first-order valence-corrected chi connectivity index (χ1v) is 11.2. The van der Waals surface area contributed by atoms with Crippen LogP contribution in [0.2, 0.25) is 0 Å². The van der Waals surface area contributed by atoms with E-state index < -0.39 is 0 Å². The van der Waals surface area contributed by atoms with Crippen LogP contribution in [0.25, 0.3) is 20.2 Å². The zero-order valence-electron chi connectivity index (χ0n) is 13.6. The Bertz CT molecular complexity index is 1120. The third kappa shape index (κ3) is 3.47. The average Bonchev–Trinajstić information content (AvgIpc) is 3.10. The second kappa shape index (κ2) is 7.42. The first-order chi connectivity index (χ1) is 12.5. The predicted molar refractivity (Wildman–Crippen MR) is 117 cm³/mol. The van der Waals surface area contributed by atoms with Crippen molar-refractivity contribution in [2.75, 3.05) is 0 Å². The molecule has 2 aromatic heterocycles. The van der Waals surface area contributed by atoms with Gasteiger partial charge in [0, 0.05) is 22.0 Å². The summed E-state index contributed by atoms with van der Waals surface area (Å²) in [4.78, 5) is 24.9. The summed E-state index contributed by atoms with van der Waals surface area (Å²) in [5.41, 5.74) is 0.130.